The third-order valence-electron chi connectivity index (χ3n) is 5.52. The highest BCUT2D eigenvalue weighted by Gasteiger charge is 2.32. The van der Waals surface area contributed by atoms with Crippen molar-refractivity contribution in [1.82, 2.24) is 9.80 Å². The minimum Gasteiger partial charge on any atom is -0.368 e. The van der Waals surface area contributed by atoms with Gasteiger partial charge in [-0.3, -0.25) is 14.4 Å². The van der Waals surface area contributed by atoms with Crippen molar-refractivity contribution in [3.8, 4) is 0 Å². The number of nitrogens with zero attached hydrogens (tertiary/aromatic N) is 2. The Kier molecular flexibility index (Phi) is 5.71. The molecule has 0 aliphatic carbocycles. The van der Waals surface area contributed by atoms with Crippen LogP contribution in [0.1, 0.15) is 39.1 Å². The van der Waals surface area contributed by atoms with E-state index in [2.05, 4.69) is 0 Å². The summed E-state index contributed by atoms with van der Waals surface area (Å²) in [7, 11) is 0. The maximum absolute atomic E-state index is 13.1. The van der Waals surface area contributed by atoms with E-state index in [1.54, 1.807) is 46.2 Å². The van der Waals surface area contributed by atoms with Crippen LogP contribution in [0.25, 0.3) is 0 Å². The number of carbonyl (C=O) groups is 3. The van der Waals surface area contributed by atoms with Gasteiger partial charge in [-0.05, 0) is 18.9 Å². The van der Waals surface area contributed by atoms with Crippen molar-refractivity contribution in [3.05, 3.63) is 71.3 Å². The molecule has 2 fully saturated rings. The third kappa shape index (κ3) is 4.07. The van der Waals surface area contributed by atoms with Gasteiger partial charge in [0.05, 0.1) is 5.56 Å². The molecule has 2 aliphatic rings. The van der Waals surface area contributed by atoms with Crippen LogP contribution < -0.4 is 0 Å². The van der Waals surface area contributed by atoms with Gasteiger partial charge in [-0.1, -0.05) is 48.5 Å². The summed E-state index contributed by atoms with van der Waals surface area (Å²) < 4.78 is 5.49. The monoisotopic (exact) mass is 392 g/mol. The van der Waals surface area contributed by atoms with E-state index in [-0.39, 0.29) is 23.7 Å². The second-order valence-corrected chi connectivity index (χ2v) is 7.36. The summed E-state index contributed by atoms with van der Waals surface area (Å²) in [4.78, 5) is 42.0. The smallest absolute Gasteiger partial charge is 0.254 e. The lowest BCUT2D eigenvalue weighted by atomic mass is 9.97. The van der Waals surface area contributed by atoms with Crippen molar-refractivity contribution < 1.29 is 19.1 Å². The number of hydrogen-bond acceptors (Lipinski definition) is 4. The first kappa shape index (κ1) is 19.3. The van der Waals surface area contributed by atoms with Gasteiger partial charge in [0.1, 0.15) is 6.10 Å². The second-order valence-electron chi connectivity index (χ2n) is 7.36. The van der Waals surface area contributed by atoms with Crippen LogP contribution in [0.5, 0.6) is 0 Å². The molecule has 2 heterocycles. The molecule has 0 N–H and O–H groups in total. The van der Waals surface area contributed by atoms with Crippen molar-refractivity contribution in [2.75, 3.05) is 32.8 Å². The van der Waals surface area contributed by atoms with E-state index in [0.717, 1.165) is 12.8 Å². The van der Waals surface area contributed by atoms with Gasteiger partial charge in [-0.2, -0.15) is 0 Å². The van der Waals surface area contributed by atoms with Crippen LogP contribution in [-0.2, 0) is 9.53 Å². The number of hydrogen-bond donors (Lipinski definition) is 0. The van der Waals surface area contributed by atoms with E-state index in [0.29, 0.717) is 49.5 Å². The molecule has 2 aromatic rings. The minimum atomic E-state index is -0.332. The number of rotatable bonds is 4. The number of amides is 2. The first-order valence-electron chi connectivity index (χ1n) is 10.0. The molecule has 1 atom stereocenters. The molecule has 2 saturated heterocycles. The summed E-state index contributed by atoms with van der Waals surface area (Å²) in [5.41, 5.74) is 1.36. The molecule has 0 aromatic heterocycles. The summed E-state index contributed by atoms with van der Waals surface area (Å²) in [6.07, 6.45) is 1.36. The topological polar surface area (TPSA) is 66.9 Å². The molecule has 4 rings (SSSR count). The molecule has 0 bridgehead atoms. The number of benzene rings is 2. The molecule has 0 spiro atoms. The Morgan fingerprint density at radius 3 is 2.07 bits per heavy atom. The Bertz CT molecular complexity index is 898. The molecule has 6 heteroatoms. The zero-order chi connectivity index (χ0) is 20.2. The van der Waals surface area contributed by atoms with Crippen LogP contribution >= 0.6 is 0 Å². The zero-order valence-electron chi connectivity index (χ0n) is 16.3. The fourth-order valence-electron chi connectivity index (χ4n) is 3.89. The molecular formula is C23H24N2O4. The van der Waals surface area contributed by atoms with E-state index >= 15 is 0 Å². The van der Waals surface area contributed by atoms with Gasteiger partial charge >= 0.3 is 0 Å². The highest BCUT2D eigenvalue weighted by atomic mass is 16.5. The van der Waals surface area contributed by atoms with E-state index in [1.807, 2.05) is 18.2 Å². The van der Waals surface area contributed by atoms with Crippen LogP contribution in [0.4, 0.5) is 0 Å². The lowest BCUT2D eigenvalue weighted by Crippen LogP contribution is -2.53. The van der Waals surface area contributed by atoms with Crippen LogP contribution in [0.2, 0.25) is 0 Å². The fraction of sp³-hybridized carbons (Fsp3) is 0.348. The van der Waals surface area contributed by atoms with Crippen molar-refractivity contribution in [2.45, 2.75) is 18.9 Å². The van der Waals surface area contributed by atoms with Gasteiger partial charge in [0.15, 0.2) is 5.78 Å². The number of ether oxygens (including phenoxy) is 1. The van der Waals surface area contributed by atoms with Crippen LogP contribution in [-0.4, -0.2) is 66.3 Å². The Labute approximate surface area is 170 Å². The summed E-state index contributed by atoms with van der Waals surface area (Å²) >= 11 is 0. The molecule has 2 aliphatic heterocycles. The van der Waals surface area contributed by atoms with Crippen LogP contribution in [0, 0.1) is 0 Å². The summed E-state index contributed by atoms with van der Waals surface area (Å²) in [5.74, 6) is -0.315. The standard InChI is InChI=1S/C23H24N2O4/c26-21(17-7-2-1-3-8-17)18-9-4-5-10-19(18)22(27)24-12-14-25(15-13-24)23(28)20-11-6-16-29-20/h1-5,7-10,20H,6,11-16H2. The first-order valence-corrected chi connectivity index (χ1v) is 10.0. The quantitative estimate of drug-likeness (QED) is 0.750. The normalized spacial score (nSPS) is 19.2. The van der Waals surface area contributed by atoms with Gasteiger partial charge in [0.25, 0.3) is 11.8 Å². The van der Waals surface area contributed by atoms with Crippen LogP contribution in [0.3, 0.4) is 0 Å². The molecule has 150 valence electrons. The average Bonchev–Trinajstić information content (AvgIpc) is 3.33. The SMILES string of the molecule is O=C(c1ccccc1)c1ccccc1C(=O)N1CCN(C(=O)C2CCCO2)CC1. The van der Waals surface area contributed by atoms with Gasteiger partial charge in [-0.25, -0.2) is 0 Å². The largest absolute Gasteiger partial charge is 0.368 e. The van der Waals surface area contributed by atoms with Gasteiger partial charge in [0.2, 0.25) is 0 Å². The number of ketones is 1. The average molecular weight is 392 g/mol. The fourth-order valence-corrected chi connectivity index (χ4v) is 3.89. The van der Waals surface area contributed by atoms with Gasteiger partial charge < -0.3 is 14.5 Å². The maximum atomic E-state index is 13.1. The lowest BCUT2D eigenvalue weighted by Gasteiger charge is -2.36. The molecule has 0 saturated carbocycles. The number of piperazine rings is 1. The van der Waals surface area contributed by atoms with Crippen molar-refractivity contribution >= 4 is 17.6 Å². The molecule has 1 unspecified atom stereocenters. The highest BCUT2D eigenvalue weighted by molar-refractivity contribution is 6.15. The zero-order valence-corrected chi connectivity index (χ0v) is 16.3. The molecular weight excluding hydrogens is 368 g/mol. The van der Waals surface area contributed by atoms with E-state index < -0.39 is 0 Å². The molecule has 2 amide bonds. The minimum absolute atomic E-state index is 0.0225. The Balaban J connectivity index is 1.46. The van der Waals surface area contributed by atoms with Gasteiger partial charge in [0, 0.05) is 43.9 Å². The van der Waals surface area contributed by atoms with Crippen molar-refractivity contribution in [3.63, 3.8) is 0 Å². The van der Waals surface area contributed by atoms with Gasteiger partial charge in [-0.15, -0.1) is 0 Å². The first-order chi connectivity index (χ1) is 14.1. The van der Waals surface area contributed by atoms with Crippen molar-refractivity contribution in [2.24, 2.45) is 0 Å². The maximum Gasteiger partial charge on any atom is 0.254 e. The molecule has 29 heavy (non-hydrogen) atoms. The molecule has 2 aromatic carbocycles. The Morgan fingerprint density at radius 1 is 0.793 bits per heavy atom. The summed E-state index contributed by atoms with van der Waals surface area (Å²) in [5, 5.41) is 0. The summed E-state index contributed by atoms with van der Waals surface area (Å²) in [6.45, 7) is 2.51. The number of carbonyl (C=O) groups excluding carboxylic acids is 3. The van der Waals surface area contributed by atoms with E-state index in [4.69, 9.17) is 4.74 Å². The van der Waals surface area contributed by atoms with Crippen LogP contribution in [0.15, 0.2) is 54.6 Å². The molecule has 0 radical (unpaired) electrons. The predicted molar refractivity (Wildman–Crippen MR) is 108 cm³/mol. The Hall–Kier alpha value is -2.99. The molecule has 6 nitrogen and oxygen atoms in total. The Morgan fingerprint density at radius 2 is 1.41 bits per heavy atom. The highest BCUT2D eigenvalue weighted by Crippen LogP contribution is 2.19. The third-order valence-corrected chi connectivity index (χ3v) is 5.52. The van der Waals surface area contributed by atoms with E-state index in [9.17, 15) is 14.4 Å². The van der Waals surface area contributed by atoms with E-state index in [1.165, 1.54) is 0 Å². The second kappa shape index (κ2) is 8.57. The summed E-state index contributed by atoms with van der Waals surface area (Å²) in [6, 6.07) is 15.9. The lowest BCUT2D eigenvalue weighted by molar-refractivity contribution is -0.142. The van der Waals surface area contributed by atoms with Crippen molar-refractivity contribution in [1.29, 1.82) is 0 Å². The predicted octanol–water partition coefficient (Wildman–Crippen LogP) is 2.38.